The summed E-state index contributed by atoms with van der Waals surface area (Å²) in [6.45, 7) is 7.51. The van der Waals surface area contributed by atoms with Crippen LogP contribution in [0.4, 0.5) is 0 Å². The summed E-state index contributed by atoms with van der Waals surface area (Å²) in [7, 11) is 0. The Morgan fingerprint density at radius 3 is 2.58 bits per heavy atom. The SMILES string of the molecule is Cc1cc2c(c(Br)c1O)C(C)CCC(C(C)(C)O)O2. The Balaban J connectivity index is 2.52. The number of benzene rings is 1. The van der Waals surface area contributed by atoms with Crippen molar-refractivity contribution in [1.29, 1.82) is 0 Å². The zero-order chi connectivity index (χ0) is 14.4. The number of hydrogen-bond donors (Lipinski definition) is 2. The molecule has 0 radical (unpaired) electrons. The summed E-state index contributed by atoms with van der Waals surface area (Å²) in [5.74, 6) is 1.32. The molecule has 1 heterocycles. The van der Waals surface area contributed by atoms with Gasteiger partial charge in [-0.05, 0) is 67.1 Å². The van der Waals surface area contributed by atoms with Gasteiger partial charge in [0.05, 0.1) is 10.1 Å². The van der Waals surface area contributed by atoms with Gasteiger partial charge in [0.2, 0.25) is 0 Å². The van der Waals surface area contributed by atoms with E-state index in [1.807, 2.05) is 13.0 Å². The quantitative estimate of drug-likeness (QED) is 0.822. The molecule has 2 atom stereocenters. The summed E-state index contributed by atoms with van der Waals surface area (Å²) in [5.41, 5.74) is 0.892. The maximum Gasteiger partial charge on any atom is 0.133 e. The fourth-order valence-corrected chi connectivity index (χ4v) is 3.46. The van der Waals surface area contributed by atoms with Gasteiger partial charge in [0.1, 0.15) is 17.6 Å². The lowest BCUT2D eigenvalue weighted by Gasteiger charge is -2.29. The summed E-state index contributed by atoms with van der Waals surface area (Å²) in [6, 6.07) is 1.86. The highest BCUT2D eigenvalue weighted by Crippen LogP contribution is 2.45. The zero-order valence-electron chi connectivity index (χ0n) is 11.8. The fraction of sp³-hybridized carbons (Fsp3) is 0.600. The number of phenolic OH excluding ortho intramolecular Hbond substituents is 1. The van der Waals surface area contributed by atoms with Crippen molar-refractivity contribution in [2.45, 2.75) is 58.2 Å². The molecule has 19 heavy (non-hydrogen) atoms. The van der Waals surface area contributed by atoms with Gasteiger partial charge in [0.15, 0.2) is 0 Å². The van der Waals surface area contributed by atoms with Crippen LogP contribution in [0.15, 0.2) is 10.5 Å². The largest absolute Gasteiger partial charge is 0.506 e. The van der Waals surface area contributed by atoms with Crippen molar-refractivity contribution < 1.29 is 14.9 Å². The van der Waals surface area contributed by atoms with Gasteiger partial charge in [-0.3, -0.25) is 0 Å². The fourth-order valence-electron chi connectivity index (χ4n) is 2.56. The first-order valence-corrected chi connectivity index (χ1v) is 7.42. The first-order chi connectivity index (χ1) is 8.71. The Labute approximate surface area is 122 Å². The van der Waals surface area contributed by atoms with Crippen LogP contribution in [-0.4, -0.2) is 21.9 Å². The van der Waals surface area contributed by atoms with E-state index in [2.05, 4.69) is 22.9 Å². The molecule has 0 saturated heterocycles. The predicted molar refractivity (Wildman–Crippen MR) is 78.9 cm³/mol. The molecule has 0 amide bonds. The van der Waals surface area contributed by atoms with E-state index < -0.39 is 5.60 Å². The molecule has 2 rings (SSSR count). The monoisotopic (exact) mass is 328 g/mol. The molecule has 0 fully saturated rings. The van der Waals surface area contributed by atoms with Crippen molar-refractivity contribution >= 4 is 15.9 Å². The first kappa shape index (κ1) is 14.7. The molecule has 0 bridgehead atoms. The third-order valence-corrected chi connectivity index (χ3v) is 4.65. The van der Waals surface area contributed by atoms with Crippen molar-refractivity contribution in [3.05, 3.63) is 21.7 Å². The predicted octanol–water partition coefficient (Wildman–Crippen LogP) is 3.88. The number of aryl methyl sites for hydroxylation is 1. The van der Waals surface area contributed by atoms with Crippen molar-refractivity contribution in [3.63, 3.8) is 0 Å². The molecule has 0 saturated carbocycles. The van der Waals surface area contributed by atoms with E-state index in [1.54, 1.807) is 13.8 Å². The average molecular weight is 329 g/mol. The van der Waals surface area contributed by atoms with Gasteiger partial charge in [-0.15, -0.1) is 0 Å². The molecular formula is C15H21BrO3. The van der Waals surface area contributed by atoms with Crippen molar-refractivity contribution in [2.75, 3.05) is 0 Å². The first-order valence-electron chi connectivity index (χ1n) is 6.62. The van der Waals surface area contributed by atoms with Crippen LogP contribution in [0.25, 0.3) is 0 Å². The van der Waals surface area contributed by atoms with Crippen LogP contribution in [0.2, 0.25) is 0 Å². The van der Waals surface area contributed by atoms with Gasteiger partial charge in [0.25, 0.3) is 0 Å². The Bertz CT molecular complexity index is 491. The maximum atomic E-state index is 10.2. The Hall–Kier alpha value is -0.740. The molecule has 0 aromatic heterocycles. The van der Waals surface area contributed by atoms with Gasteiger partial charge in [-0.1, -0.05) is 6.92 Å². The third-order valence-electron chi connectivity index (χ3n) is 3.84. The normalized spacial score (nSPS) is 23.5. The number of ether oxygens (including phenoxy) is 1. The number of rotatable bonds is 1. The molecule has 2 unspecified atom stereocenters. The molecule has 1 aromatic carbocycles. The molecule has 2 N–H and O–H groups in total. The summed E-state index contributed by atoms with van der Waals surface area (Å²) in [6.07, 6.45) is 1.49. The smallest absolute Gasteiger partial charge is 0.133 e. The average Bonchev–Trinajstić information content (AvgIpc) is 2.45. The van der Waals surface area contributed by atoms with E-state index in [9.17, 15) is 10.2 Å². The number of aromatic hydroxyl groups is 1. The second-order valence-electron chi connectivity index (χ2n) is 6.01. The molecular weight excluding hydrogens is 308 g/mol. The van der Waals surface area contributed by atoms with Crippen LogP contribution in [0.3, 0.4) is 0 Å². The van der Waals surface area contributed by atoms with E-state index in [-0.39, 0.29) is 17.8 Å². The molecule has 1 aliphatic heterocycles. The Kier molecular flexibility index (Phi) is 3.85. The van der Waals surface area contributed by atoms with Crippen molar-refractivity contribution in [3.8, 4) is 11.5 Å². The van der Waals surface area contributed by atoms with Gasteiger partial charge >= 0.3 is 0 Å². The van der Waals surface area contributed by atoms with Crippen LogP contribution in [0, 0.1) is 6.92 Å². The lowest BCUT2D eigenvalue weighted by Crippen LogP contribution is -2.40. The van der Waals surface area contributed by atoms with Gasteiger partial charge in [-0.25, -0.2) is 0 Å². The van der Waals surface area contributed by atoms with Crippen LogP contribution in [0.5, 0.6) is 11.5 Å². The minimum atomic E-state index is -0.875. The number of halogens is 1. The van der Waals surface area contributed by atoms with Gasteiger partial charge in [-0.2, -0.15) is 0 Å². The van der Waals surface area contributed by atoms with E-state index in [1.165, 1.54) is 0 Å². The summed E-state index contributed by atoms with van der Waals surface area (Å²) in [5, 5.41) is 20.2. The molecule has 4 heteroatoms. The van der Waals surface area contributed by atoms with E-state index >= 15 is 0 Å². The summed E-state index contributed by atoms with van der Waals surface area (Å²) in [4.78, 5) is 0. The maximum absolute atomic E-state index is 10.2. The van der Waals surface area contributed by atoms with Gasteiger partial charge < -0.3 is 14.9 Å². The number of aliphatic hydroxyl groups is 1. The van der Waals surface area contributed by atoms with E-state index in [0.717, 1.165) is 29.7 Å². The van der Waals surface area contributed by atoms with Crippen LogP contribution in [0.1, 0.15) is 50.7 Å². The van der Waals surface area contributed by atoms with Crippen molar-refractivity contribution in [2.24, 2.45) is 0 Å². The number of hydrogen-bond acceptors (Lipinski definition) is 3. The second-order valence-corrected chi connectivity index (χ2v) is 6.80. The minimum Gasteiger partial charge on any atom is -0.506 e. The summed E-state index contributed by atoms with van der Waals surface area (Å²) < 4.78 is 6.73. The van der Waals surface area contributed by atoms with Crippen LogP contribution < -0.4 is 4.74 Å². The Morgan fingerprint density at radius 1 is 1.37 bits per heavy atom. The minimum absolute atomic E-state index is 0.230. The topological polar surface area (TPSA) is 49.7 Å². The second kappa shape index (κ2) is 4.98. The van der Waals surface area contributed by atoms with Crippen molar-refractivity contribution in [1.82, 2.24) is 0 Å². The highest BCUT2D eigenvalue weighted by molar-refractivity contribution is 9.10. The van der Waals surface area contributed by atoms with E-state index in [0.29, 0.717) is 4.47 Å². The zero-order valence-corrected chi connectivity index (χ0v) is 13.4. The lowest BCUT2D eigenvalue weighted by atomic mass is 9.91. The standard InChI is InChI=1S/C15H21BrO3/c1-8-5-6-11(15(3,4)18)19-10-7-9(2)14(17)13(16)12(8)10/h7-8,11,17-18H,5-6H2,1-4H3. The number of phenols is 1. The molecule has 0 aliphatic carbocycles. The highest BCUT2D eigenvalue weighted by Gasteiger charge is 2.34. The molecule has 106 valence electrons. The highest BCUT2D eigenvalue weighted by atomic mass is 79.9. The van der Waals surface area contributed by atoms with E-state index in [4.69, 9.17) is 4.74 Å². The Morgan fingerprint density at radius 2 is 2.00 bits per heavy atom. The summed E-state index contributed by atoms with van der Waals surface area (Å²) >= 11 is 3.47. The molecule has 3 nitrogen and oxygen atoms in total. The van der Waals surface area contributed by atoms with Crippen LogP contribution >= 0.6 is 15.9 Å². The third kappa shape index (κ3) is 2.75. The molecule has 1 aromatic rings. The number of fused-ring (bicyclic) bond motifs is 1. The van der Waals surface area contributed by atoms with Gasteiger partial charge in [0, 0.05) is 5.56 Å². The van der Waals surface area contributed by atoms with Crippen LogP contribution in [-0.2, 0) is 0 Å². The molecule has 0 spiro atoms. The lowest BCUT2D eigenvalue weighted by molar-refractivity contribution is -0.0361. The molecule has 1 aliphatic rings.